The van der Waals surface area contributed by atoms with Crippen LogP contribution in [0.4, 0.5) is 27.9 Å². The highest BCUT2D eigenvalue weighted by Gasteiger charge is 2.36. The van der Waals surface area contributed by atoms with E-state index in [4.69, 9.17) is 45.5 Å². The van der Waals surface area contributed by atoms with Gasteiger partial charge in [0.25, 0.3) is 5.56 Å². The molecule has 2 N–H and O–H groups in total. The van der Waals surface area contributed by atoms with Crippen molar-refractivity contribution >= 4 is 65.3 Å². The maximum atomic E-state index is 13.4. The number of piperidine rings is 1. The molecule has 0 bridgehead atoms. The number of carbonyl (C=O) groups excluding carboxylic acids is 1. The number of carbonyl (C=O) groups is 1. The van der Waals surface area contributed by atoms with E-state index in [1.165, 1.54) is 0 Å². The molecule has 8 heterocycles. The summed E-state index contributed by atoms with van der Waals surface area (Å²) in [5.41, 5.74) is 5.78. The number of halogens is 1. The molecule has 3 fully saturated rings. The lowest BCUT2D eigenvalue weighted by Crippen LogP contribution is -2.56. The average Bonchev–Trinajstić information content (AvgIpc) is 4.32. The summed E-state index contributed by atoms with van der Waals surface area (Å²) < 4.78 is 27.9. The maximum absolute atomic E-state index is 13.4. The number of ether oxygens (including phenoxy) is 4. The van der Waals surface area contributed by atoms with E-state index < -0.39 is 8.07 Å². The molecular weight excluding hydrogens is 1100 g/mol. The molecule has 10 rings (SSSR count). The van der Waals surface area contributed by atoms with Crippen LogP contribution in [0, 0.1) is 11.3 Å². The molecule has 4 aliphatic heterocycles. The van der Waals surface area contributed by atoms with Gasteiger partial charge < -0.3 is 53.5 Å². The summed E-state index contributed by atoms with van der Waals surface area (Å²) in [5, 5.41) is 30.8. The number of aromatic nitrogens is 6. The van der Waals surface area contributed by atoms with E-state index in [-0.39, 0.29) is 42.8 Å². The van der Waals surface area contributed by atoms with Gasteiger partial charge in [-0.1, -0.05) is 68.5 Å². The summed E-state index contributed by atoms with van der Waals surface area (Å²) in [6.45, 7) is 18.1. The first kappa shape index (κ1) is 60.6. The molecule has 22 heteroatoms. The van der Waals surface area contributed by atoms with Crippen molar-refractivity contribution in [2.24, 2.45) is 0 Å². The van der Waals surface area contributed by atoms with Crippen molar-refractivity contribution in [2.75, 3.05) is 112 Å². The van der Waals surface area contributed by atoms with Gasteiger partial charge in [0.2, 0.25) is 0 Å². The van der Waals surface area contributed by atoms with E-state index in [1.807, 2.05) is 35.1 Å². The maximum Gasteiger partial charge on any atom is 0.410 e. The number of likely N-dealkylation sites (tertiary alicyclic amines) is 1. The molecule has 20 nitrogen and oxygen atoms in total. The SMILES string of the molecule is CCc1cnn2c(NCc3ccc(=O)n(CCOCCOCCCN4CCC[C@H]4COc4nc5c(c(N6CCN(C(=O)OCC[Si](C)(C)C)[C@@H](CC#N)C6)n4)CCN(c4cccc6cccc(Cl)c46)C5)c3)cc(N3CCCC[C@H]3CCO)nc12. The van der Waals surface area contributed by atoms with E-state index in [0.29, 0.717) is 103 Å². The smallest absolute Gasteiger partial charge is 0.410 e. The van der Waals surface area contributed by atoms with Crippen LogP contribution in [-0.4, -0.2) is 168 Å². The minimum atomic E-state index is -1.40. The first-order chi connectivity index (χ1) is 40.9. The van der Waals surface area contributed by atoms with E-state index in [1.54, 1.807) is 15.5 Å². The van der Waals surface area contributed by atoms with Crippen LogP contribution in [0.5, 0.6) is 6.01 Å². The van der Waals surface area contributed by atoms with Crippen molar-refractivity contribution in [1.29, 1.82) is 5.26 Å². The second kappa shape index (κ2) is 28.6. The lowest BCUT2D eigenvalue weighted by atomic mass is 9.99. The number of benzene rings is 2. The molecule has 0 spiro atoms. The molecule has 2 aromatic carbocycles. The number of aliphatic hydroxyl groups excluding tert-OH is 1. The highest BCUT2D eigenvalue weighted by molar-refractivity contribution is 6.76. The van der Waals surface area contributed by atoms with Crippen LogP contribution in [0.1, 0.15) is 80.7 Å². The third-order valence-electron chi connectivity index (χ3n) is 16.9. The Morgan fingerprint density at radius 3 is 2.55 bits per heavy atom. The molecule has 1 amide bonds. The highest BCUT2D eigenvalue weighted by Crippen LogP contribution is 2.38. The lowest BCUT2D eigenvalue weighted by Gasteiger charge is -2.42. The van der Waals surface area contributed by atoms with Crippen LogP contribution in [-0.2, 0) is 46.7 Å². The van der Waals surface area contributed by atoms with Gasteiger partial charge in [-0.3, -0.25) is 9.69 Å². The van der Waals surface area contributed by atoms with Gasteiger partial charge in [0.05, 0.1) is 68.4 Å². The molecule has 0 aliphatic carbocycles. The van der Waals surface area contributed by atoms with Gasteiger partial charge in [-0.2, -0.15) is 24.8 Å². The third kappa shape index (κ3) is 14.9. The zero-order chi connectivity index (χ0) is 58.6. The molecule has 0 unspecified atom stereocenters. The number of nitrogens with zero attached hydrogens (tertiary/aromatic N) is 12. The van der Waals surface area contributed by atoms with E-state index in [9.17, 15) is 20.0 Å². The van der Waals surface area contributed by atoms with Gasteiger partial charge in [0, 0.05) is 126 Å². The summed E-state index contributed by atoms with van der Waals surface area (Å²) >= 11 is 6.85. The predicted molar refractivity (Wildman–Crippen MR) is 332 cm³/mol. The number of amides is 1. The van der Waals surface area contributed by atoms with Crippen LogP contribution >= 0.6 is 11.6 Å². The summed E-state index contributed by atoms with van der Waals surface area (Å²) in [5.74, 6) is 2.52. The normalized spacial score (nSPS) is 18.6. The number of rotatable bonds is 26. The Morgan fingerprint density at radius 2 is 1.73 bits per heavy atom. The van der Waals surface area contributed by atoms with E-state index in [0.717, 1.165) is 139 Å². The second-order valence-electron chi connectivity index (χ2n) is 23.9. The van der Waals surface area contributed by atoms with Gasteiger partial charge in [-0.15, -0.1) is 0 Å². The second-order valence-corrected chi connectivity index (χ2v) is 29.9. The number of anilines is 4. The van der Waals surface area contributed by atoms with Crippen LogP contribution in [0.15, 0.2) is 71.8 Å². The lowest BCUT2D eigenvalue weighted by molar-refractivity contribution is 0.0401. The largest absolute Gasteiger partial charge is 0.462 e. The van der Waals surface area contributed by atoms with Gasteiger partial charge in [0.1, 0.15) is 24.1 Å². The molecule has 450 valence electrons. The fraction of sp³-hybridized carbons (Fsp3) is 0.565. The first-order valence-corrected chi connectivity index (χ1v) is 34.5. The summed E-state index contributed by atoms with van der Waals surface area (Å²) in [7, 11) is -1.40. The summed E-state index contributed by atoms with van der Waals surface area (Å²) in [6, 6.07) is 21.4. The number of fused-ring (bicyclic) bond motifs is 3. The fourth-order valence-corrected chi connectivity index (χ4v) is 13.3. The number of hydrogen-bond acceptors (Lipinski definition) is 17. The van der Waals surface area contributed by atoms with E-state index >= 15 is 0 Å². The Balaban J connectivity index is 0.706. The van der Waals surface area contributed by atoms with Gasteiger partial charge in [-0.05, 0) is 93.5 Å². The number of hydrogen-bond donors (Lipinski definition) is 2. The number of nitriles is 1. The Bertz CT molecular complexity index is 3290. The zero-order valence-corrected chi connectivity index (χ0v) is 51.3. The Hall–Kier alpha value is -6.54. The molecule has 4 aromatic heterocycles. The van der Waals surface area contributed by atoms with Crippen molar-refractivity contribution in [1.82, 2.24) is 38.9 Å². The molecule has 84 heavy (non-hydrogen) atoms. The first-order valence-electron chi connectivity index (χ1n) is 30.5. The molecule has 0 saturated carbocycles. The Kier molecular flexibility index (Phi) is 20.6. The minimum Gasteiger partial charge on any atom is -0.462 e. The third-order valence-corrected chi connectivity index (χ3v) is 18.9. The topological polar surface area (TPSA) is 204 Å². The van der Waals surface area contributed by atoms with Crippen LogP contribution in [0.25, 0.3) is 16.4 Å². The number of aryl methyl sites for hydroxylation is 1. The average molecular weight is 1190 g/mol. The zero-order valence-electron chi connectivity index (χ0n) is 49.5. The van der Waals surface area contributed by atoms with Crippen molar-refractivity contribution < 1.29 is 28.8 Å². The molecule has 3 atom stereocenters. The quantitative estimate of drug-likeness (QED) is 0.0385. The molecule has 6 aromatic rings. The van der Waals surface area contributed by atoms with Crippen LogP contribution < -0.4 is 30.3 Å². The van der Waals surface area contributed by atoms with Gasteiger partial charge in [0.15, 0.2) is 5.65 Å². The van der Waals surface area contributed by atoms with Crippen molar-refractivity contribution in [2.45, 2.75) is 135 Å². The highest BCUT2D eigenvalue weighted by atomic mass is 35.5. The van der Waals surface area contributed by atoms with Gasteiger partial charge in [-0.25, -0.2) is 9.78 Å². The van der Waals surface area contributed by atoms with Crippen molar-refractivity contribution in [3.8, 4) is 12.1 Å². The van der Waals surface area contributed by atoms with Crippen molar-refractivity contribution in [3.63, 3.8) is 0 Å². The summed E-state index contributed by atoms with van der Waals surface area (Å²) in [4.78, 5) is 52.8. The molecule has 4 aliphatic rings. The standard InChI is InChI=1S/C62H84ClN13O7Si/c1-5-46-40-66-76-55(38-56(68-59(46)76)74-26-7-6-14-48(74)22-31-77)65-39-45-18-19-57(78)72(41-45)30-33-81-35-34-80-32-11-25-70-24-10-15-50(70)44-83-61-67-53-43-71(54-17-9-13-47-12-8-16-52(63)58(47)54)27-21-51(53)60(69-61)73-28-29-75(49(42-73)20-23-64)62(79)82-36-37-84(2,3)4/h8-9,12-13,16-19,38,40-41,48-50,65,77H,5-7,10-11,14-15,20-22,24-37,39,42-44H2,1-4H3/t48-,49-,50-/m0/s1. The molecular formula is C62H84ClN13O7Si. The Labute approximate surface area is 499 Å². The predicted octanol–water partition coefficient (Wildman–Crippen LogP) is 8.81. The monoisotopic (exact) mass is 1190 g/mol. The minimum absolute atomic E-state index is 0.0860. The number of aliphatic hydroxyl groups is 1. The number of nitrogens with one attached hydrogen (secondary N) is 1. The molecule has 0 radical (unpaired) electrons. The number of piperazine rings is 1. The van der Waals surface area contributed by atoms with Crippen LogP contribution in [0.2, 0.25) is 30.7 Å². The molecule has 3 saturated heterocycles. The van der Waals surface area contributed by atoms with Crippen molar-refractivity contribution in [3.05, 3.63) is 105 Å². The van der Waals surface area contributed by atoms with E-state index in [2.05, 4.69) is 93.0 Å². The van der Waals surface area contributed by atoms with Gasteiger partial charge >= 0.3 is 12.1 Å². The Morgan fingerprint density at radius 1 is 0.893 bits per heavy atom. The fourth-order valence-electron chi connectivity index (χ4n) is 12.3. The number of pyridine rings is 1. The summed E-state index contributed by atoms with van der Waals surface area (Å²) in [6.07, 6.45) is 12.0. The van der Waals surface area contributed by atoms with Crippen LogP contribution in [0.3, 0.4) is 0 Å².